The lowest BCUT2D eigenvalue weighted by atomic mass is 9.84. The van der Waals surface area contributed by atoms with Crippen molar-refractivity contribution in [3.05, 3.63) is 48.2 Å². The van der Waals surface area contributed by atoms with Crippen molar-refractivity contribution in [1.82, 2.24) is 14.6 Å². The number of aliphatic hydroxyl groups is 4. The number of alkyl halides is 1. The van der Waals surface area contributed by atoms with Gasteiger partial charge in [-0.05, 0) is 24.1 Å². The van der Waals surface area contributed by atoms with Crippen molar-refractivity contribution >= 4 is 23.1 Å². The predicted molar refractivity (Wildman–Crippen MR) is 118 cm³/mol. The highest BCUT2D eigenvalue weighted by atomic mass is 35.5. The number of hydrogen-bond donors (Lipinski definition) is 5. The van der Waals surface area contributed by atoms with E-state index in [9.17, 15) is 20.4 Å². The molecule has 166 valence electrons. The van der Waals surface area contributed by atoms with Crippen LogP contribution in [-0.2, 0) is 5.41 Å². The molecule has 1 unspecified atom stereocenters. The standard InChI is InChI=1S/C22H27ClN4O4/c1-22(11-23,12-29)15-4-2-3-13(7-15)16-9-19-24-6-5-18(27(19)26-16)25-17-8-14(10-28)20(30)21(17)31/h2-7,9,14,17,20-21,25,28-31H,8,10-12H2,1H3/t14-,17-,20-,21+,22?/m1/s1. The molecule has 0 aliphatic heterocycles. The molecule has 0 amide bonds. The molecule has 8 nitrogen and oxygen atoms in total. The van der Waals surface area contributed by atoms with Crippen molar-refractivity contribution in [3.8, 4) is 11.3 Å². The highest BCUT2D eigenvalue weighted by Gasteiger charge is 2.41. The van der Waals surface area contributed by atoms with E-state index in [1.807, 2.05) is 37.3 Å². The van der Waals surface area contributed by atoms with Crippen LogP contribution in [0.3, 0.4) is 0 Å². The van der Waals surface area contributed by atoms with Crippen LogP contribution in [0.15, 0.2) is 42.6 Å². The Morgan fingerprint density at radius 2 is 2.00 bits per heavy atom. The van der Waals surface area contributed by atoms with E-state index in [0.29, 0.717) is 23.6 Å². The lowest BCUT2D eigenvalue weighted by Crippen LogP contribution is -2.35. The molecule has 4 rings (SSSR count). The fourth-order valence-electron chi connectivity index (χ4n) is 4.05. The average Bonchev–Trinajstić information content (AvgIpc) is 3.36. The minimum Gasteiger partial charge on any atom is -0.396 e. The van der Waals surface area contributed by atoms with Crippen LogP contribution >= 0.6 is 11.6 Å². The van der Waals surface area contributed by atoms with Gasteiger partial charge in [0.1, 0.15) is 11.9 Å². The Hall–Kier alpha value is -2.23. The van der Waals surface area contributed by atoms with Gasteiger partial charge in [0.05, 0.1) is 24.4 Å². The first-order valence-corrected chi connectivity index (χ1v) is 10.8. The molecule has 5 N–H and O–H groups in total. The van der Waals surface area contributed by atoms with E-state index < -0.39 is 23.7 Å². The summed E-state index contributed by atoms with van der Waals surface area (Å²) in [7, 11) is 0. The summed E-state index contributed by atoms with van der Waals surface area (Å²) < 4.78 is 1.65. The number of nitrogens with one attached hydrogen (secondary N) is 1. The Morgan fingerprint density at radius 3 is 2.68 bits per heavy atom. The Morgan fingerprint density at radius 1 is 1.19 bits per heavy atom. The molecule has 1 fully saturated rings. The molecule has 1 aliphatic rings. The summed E-state index contributed by atoms with van der Waals surface area (Å²) in [6.45, 7) is 1.66. The van der Waals surface area contributed by atoms with Gasteiger partial charge in [-0.25, -0.2) is 4.98 Å². The van der Waals surface area contributed by atoms with E-state index in [2.05, 4.69) is 15.4 Å². The van der Waals surface area contributed by atoms with Crippen LogP contribution in [-0.4, -0.2) is 72.4 Å². The number of halogens is 1. The molecule has 0 saturated heterocycles. The van der Waals surface area contributed by atoms with Crippen molar-refractivity contribution in [2.45, 2.75) is 37.0 Å². The summed E-state index contributed by atoms with van der Waals surface area (Å²) in [6, 6.07) is 11.0. The third-order valence-corrected chi connectivity index (χ3v) is 6.82. The third kappa shape index (κ3) is 4.02. The number of hydrogen-bond acceptors (Lipinski definition) is 7. The van der Waals surface area contributed by atoms with E-state index in [4.69, 9.17) is 11.6 Å². The zero-order valence-electron chi connectivity index (χ0n) is 17.2. The zero-order valence-corrected chi connectivity index (χ0v) is 17.9. The first-order valence-electron chi connectivity index (χ1n) is 10.3. The zero-order chi connectivity index (χ0) is 22.2. The lowest BCUT2D eigenvalue weighted by molar-refractivity contribution is 0.00444. The molecule has 0 spiro atoms. The molecule has 2 heterocycles. The maximum absolute atomic E-state index is 10.3. The summed E-state index contributed by atoms with van der Waals surface area (Å²) in [5, 5.41) is 47.5. The van der Waals surface area contributed by atoms with E-state index in [1.54, 1.807) is 16.8 Å². The van der Waals surface area contributed by atoms with Gasteiger partial charge in [0.2, 0.25) is 0 Å². The van der Waals surface area contributed by atoms with Crippen molar-refractivity contribution < 1.29 is 20.4 Å². The van der Waals surface area contributed by atoms with Crippen LogP contribution < -0.4 is 5.32 Å². The second kappa shape index (κ2) is 8.72. The highest BCUT2D eigenvalue weighted by Crippen LogP contribution is 2.31. The van der Waals surface area contributed by atoms with Crippen molar-refractivity contribution in [2.24, 2.45) is 5.92 Å². The molecule has 9 heteroatoms. The van der Waals surface area contributed by atoms with Crippen molar-refractivity contribution in [1.29, 1.82) is 0 Å². The minimum atomic E-state index is -0.987. The topological polar surface area (TPSA) is 123 Å². The van der Waals surface area contributed by atoms with Gasteiger partial charge in [-0.2, -0.15) is 9.61 Å². The Labute approximate surface area is 185 Å². The molecule has 31 heavy (non-hydrogen) atoms. The van der Waals surface area contributed by atoms with Gasteiger partial charge in [0.15, 0.2) is 5.65 Å². The van der Waals surface area contributed by atoms with Crippen molar-refractivity contribution in [2.75, 3.05) is 24.4 Å². The van der Waals surface area contributed by atoms with Gasteiger partial charge in [0.25, 0.3) is 0 Å². The van der Waals surface area contributed by atoms with Gasteiger partial charge in [-0.15, -0.1) is 11.6 Å². The van der Waals surface area contributed by atoms with Crippen LogP contribution in [0.2, 0.25) is 0 Å². The first kappa shape index (κ1) is 22.0. The maximum atomic E-state index is 10.3. The number of anilines is 1. The number of rotatable bonds is 7. The minimum absolute atomic E-state index is 0.0643. The molecule has 1 aliphatic carbocycles. The molecular weight excluding hydrogens is 420 g/mol. The number of fused-ring (bicyclic) bond motifs is 1. The first-order chi connectivity index (χ1) is 14.9. The quantitative estimate of drug-likeness (QED) is 0.347. The highest BCUT2D eigenvalue weighted by molar-refractivity contribution is 6.18. The van der Waals surface area contributed by atoms with Gasteiger partial charge in [-0.3, -0.25) is 0 Å². The second-order valence-corrected chi connectivity index (χ2v) is 8.74. The molecule has 5 atom stereocenters. The Balaban J connectivity index is 1.66. The third-order valence-electron chi connectivity index (χ3n) is 6.23. The maximum Gasteiger partial charge on any atom is 0.157 e. The van der Waals surface area contributed by atoms with Crippen LogP contribution in [0.4, 0.5) is 5.82 Å². The van der Waals surface area contributed by atoms with Gasteiger partial charge in [0, 0.05) is 41.6 Å². The van der Waals surface area contributed by atoms with Crippen LogP contribution in [0, 0.1) is 5.92 Å². The van der Waals surface area contributed by atoms with Crippen LogP contribution in [0.1, 0.15) is 18.9 Å². The predicted octanol–water partition coefficient (Wildman–Crippen LogP) is 1.40. The van der Waals surface area contributed by atoms with Crippen molar-refractivity contribution in [3.63, 3.8) is 0 Å². The molecule has 1 aromatic carbocycles. The summed E-state index contributed by atoms with van der Waals surface area (Å²) in [4.78, 5) is 4.38. The Kier molecular flexibility index (Phi) is 6.18. The fraction of sp³-hybridized carbons (Fsp3) is 0.455. The van der Waals surface area contributed by atoms with Gasteiger partial charge < -0.3 is 25.7 Å². The largest absolute Gasteiger partial charge is 0.396 e. The monoisotopic (exact) mass is 446 g/mol. The Bertz CT molecular complexity index is 1050. The summed E-state index contributed by atoms with van der Waals surface area (Å²) >= 11 is 6.10. The van der Waals surface area contributed by atoms with E-state index in [1.165, 1.54) is 0 Å². The molecule has 0 radical (unpaired) electrons. The number of aliphatic hydroxyl groups excluding tert-OH is 4. The van der Waals surface area contributed by atoms with Gasteiger partial charge >= 0.3 is 0 Å². The number of aromatic nitrogens is 3. The van der Waals surface area contributed by atoms with Gasteiger partial charge in [-0.1, -0.05) is 25.1 Å². The molecule has 3 aromatic rings. The van der Waals surface area contributed by atoms with Crippen LogP contribution in [0.25, 0.3) is 16.9 Å². The van der Waals surface area contributed by atoms with E-state index in [-0.39, 0.29) is 25.0 Å². The SMILES string of the molecule is CC(CO)(CCl)c1cccc(-c2cc3nccc(N[C@@H]4C[C@H](CO)[C@@H](O)[C@H]4O)n3n2)c1. The summed E-state index contributed by atoms with van der Waals surface area (Å²) in [5.41, 5.74) is 2.57. The number of benzene rings is 1. The molecule has 1 saturated carbocycles. The second-order valence-electron chi connectivity index (χ2n) is 8.47. The average molecular weight is 447 g/mol. The van der Waals surface area contributed by atoms with E-state index in [0.717, 1.165) is 11.1 Å². The fourth-order valence-corrected chi connectivity index (χ4v) is 4.29. The molecule has 0 bridgehead atoms. The number of nitrogens with zero attached hydrogens (tertiary/aromatic N) is 3. The normalized spacial score (nSPS) is 25.6. The smallest absolute Gasteiger partial charge is 0.157 e. The molecule has 2 aromatic heterocycles. The lowest BCUT2D eigenvalue weighted by Gasteiger charge is -2.25. The summed E-state index contributed by atoms with van der Waals surface area (Å²) in [5.74, 6) is 0.546. The summed E-state index contributed by atoms with van der Waals surface area (Å²) in [6.07, 6.45) is 0.131. The molecular formula is C22H27ClN4O4. The van der Waals surface area contributed by atoms with E-state index >= 15 is 0 Å². The van der Waals surface area contributed by atoms with Crippen LogP contribution in [0.5, 0.6) is 0 Å².